The summed E-state index contributed by atoms with van der Waals surface area (Å²) in [5, 5.41) is 13.8. The minimum Gasteiger partial charge on any atom is -0.301 e. The molecule has 0 fully saturated rings. The van der Waals surface area contributed by atoms with Crippen molar-refractivity contribution < 1.29 is 0 Å². The molecule has 0 radical (unpaired) electrons. The molecule has 53 heavy (non-hydrogen) atoms. The van der Waals surface area contributed by atoms with Crippen LogP contribution in [0.25, 0.3) is 49.3 Å². The summed E-state index contributed by atoms with van der Waals surface area (Å²) in [6, 6.07) is 48.2. The number of hydrogen-bond acceptors (Lipinski definition) is 2. The van der Waals surface area contributed by atoms with E-state index < -0.39 is 0 Å². The smallest absolute Gasteiger partial charge is 0.0712 e. The summed E-state index contributed by atoms with van der Waals surface area (Å²) < 4.78 is 2.20. The van der Waals surface area contributed by atoms with Crippen molar-refractivity contribution in [2.75, 3.05) is 5.43 Å². The Morgan fingerprint density at radius 1 is 0.717 bits per heavy atom. The van der Waals surface area contributed by atoms with Gasteiger partial charge in [0.1, 0.15) is 0 Å². The first-order valence-corrected chi connectivity index (χ1v) is 18.7. The molecule has 2 unspecified atom stereocenters. The molecule has 10 rings (SSSR count). The number of aromatic nitrogens is 1. The molecule has 6 aromatic carbocycles. The van der Waals surface area contributed by atoms with Gasteiger partial charge in [-0.2, -0.15) is 0 Å². The van der Waals surface area contributed by atoms with Gasteiger partial charge in [-0.25, -0.2) is 0 Å². The molecular formula is C50H39N3. The number of allylic oxidation sites excluding steroid dienone is 9. The van der Waals surface area contributed by atoms with E-state index in [0.717, 1.165) is 41.4 Å². The predicted molar refractivity (Wildman–Crippen MR) is 223 cm³/mol. The second kappa shape index (κ2) is 12.6. The van der Waals surface area contributed by atoms with E-state index in [1.54, 1.807) is 5.57 Å². The van der Waals surface area contributed by atoms with Crippen molar-refractivity contribution >= 4 is 43.9 Å². The minimum atomic E-state index is -0.260. The number of fused-ring (bicyclic) bond motifs is 6. The summed E-state index contributed by atoms with van der Waals surface area (Å²) >= 11 is 0. The van der Waals surface area contributed by atoms with E-state index in [1.807, 2.05) is 24.4 Å². The molecule has 254 valence electrons. The Hall–Kier alpha value is -6.45. The molecular weight excluding hydrogens is 643 g/mol. The Morgan fingerprint density at radius 2 is 1.51 bits per heavy atom. The lowest BCUT2D eigenvalue weighted by Crippen LogP contribution is -2.37. The van der Waals surface area contributed by atoms with Crippen LogP contribution in [0.3, 0.4) is 0 Å². The van der Waals surface area contributed by atoms with E-state index in [2.05, 4.69) is 168 Å². The lowest BCUT2D eigenvalue weighted by molar-refractivity contribution is 0.435. The van der Waals surface area contributed by atoms with Crippen LogP contribution in [-0.4, -0.2) is 10.4 Å². The fourth-order valence-corrected chi connectivity index (χ4v) is 9.28. The standard InChI is InChI=1S/C50H39N3/c51-47(36-25-22-35(23-26-36)38-27-24-34-12-4-5-13-37(34)32-38)30-31-52-53-48-21-11-8-18-43(48)44-29-28-40(33-49(44)53)50(39-14-2-1-3-15-39)45-19-9-6-16-41(45)42-17-7-10-20-46(42)50/h1-9,11-14,16-19,21-33,39,51-52H,10,15,20H2/b31-30-,51-47?. The van der Waals surface area contributed by atoms with Crippen LogP contribution < -0.4 is 5.43 Å². The Bertz CT molecular complexity index is 2750. The molecule has 0 saturated carbocycles. The van der Waals surface area contributed by atoms with E-state index in [9.17, 15) is 0 Å². The Morgan fingerprint density at radius 3 is 2.40 bits per heavy atom. The van der Waals surface area contributed by atoms with Crippen molar-refractivity contribution in [1.29, 1.82) is 5.41 Å². The van der Waals surface area contributed by atoms with Crippen LogP contribution in [0.1, 0.15) is 41.5 Å². The average molecular weight is 682 g/mol. The molecule has 1 aromatic heterocycles. The van der Waals surface area contributed by atoms with Gasteiger partial charge in [0, 0.05) is 22.4 Å². The van der Waals surface area contributed by atoms with Crippen LogP contribution in [0.4, 0.5) is 0 Å². The van der Waals surface area contributed by atoms with Crippen LogP contribution in [0.2, 0.25) is 0 Å². The molecule has 1 heterocycles. The Kier molecular flexibility index (Phi) is 7.47. The molecule has 3 aliphatic carbocycles. The zero-order valence-corrected chi connectivity index (χ0v) is 29.5. The fourth-order valence-electron chi connectivity index (χ4n) is 9.28. The van der Waals surface area contributed by atoms with Gasteiger partial charge in [0.25, 0.3) is 0 Å². The number of benzene rings is 6. The quantitative estimate of drug-likeness (QED) is 0.162. The number of nitrogens with one attached hydrogen (secondary N) is 2. The highest BCUT2D eigenvalue weighted by molar-refractivity contribution is 6.09. The van der Waals surface area contributed by atoms with Crippen molar-refractivity contribution in [3.05, 3.63) is 210 Å². The maximum Gasteiger partial charge on any atom is 0.0712 e. The zero-order chi connectivity index (χ0) is 35.4. The maximum atomic E-state index is 8.95. The van der Waals surface area contributed by atoms with E-state index >= 15 is 0 Å². The van der Waals surface area contributed by atoms with Crippen LogP contribution in [-0.2, 0) is 5.41 Å². The van der Waals surface area contributed by atoms with Crippen LogP contribution in [0.15, 0.2) is 188 Å². The first-order chi connectivity index (χ1) is 26.2. The molecule has 2 N–H and O–H groups in total. The van der Waals surface area contributed by atoms with Crippen LogP contribution in [0, 0.1) is 11.3 Å². The summed E-state index contributed by atoms with van der Waals surface area (Å²) in [6.45, 7) is 0. The number of para-hydroxylation sites is 1. The molecule has 0 saturated heterocycles. The van der Waals surface area contributed by atoms with Crippen molar-refractivity contribution in [3.63, 3.8) is 0 Å². The molecule has 0 spiro atoms. The maximum absolute atomic E-state index is 8.95. The lowest BCUT2D eigenvalue weighted by Gasteiger charge is -2.42. The number of rotatable bonds is 7. The van der Waals surface area contributed by atoms with Gasteiger partial charge in [0.15, 0.2) is 0 Å². The molecule has 0 bridgehead atoms. The van der Waals surface area contributed by atoms with Gasteiger partial charge < -0.3 is 10.8 Å². The number of hydrogen-bond donors (Lipinski definition) is 2. The highest BCUT2D eigenvalue weighted by Gasteiger charge is 2.50. The van der Waals surface area contributed by atoms with E-state index in [4.69, 9.17) is 5.41 Å². The fraction of sp³-hybridized carbons (Fsp3) is 0.100. The minimum absolute atomic E-state index is 0.260. The zero-order valence-electron chi connectivity index (χ0n) is 29.5. The summed E-state index contributed by atoms with van der Waals surface area (Å²) in [5.74, 6) is 0.309. The molecule has 7 aromatic rings. The molecule has 3 heteroatoms. The van der Waals surface area contributed by atoms with Crippen LogP contribution in [0.5, 0.6) is 0 Å². The molecule has 3 nitrogen and oxygen atoms in total. The largest absolute Gasteiger partial charge is 0.301 e. The molecule has 2 atom stereocenters. The monoisotopic (exact) mass is 681 g/mol. The second-order valence-corrected chi connectivity index (χ2v) is 14.4. The summed E-state index contributed by atoms with van der Waals surface area (Å²) in [6.07, 6.45) is 20.8. The van der Waals surface area contributed by atoms with Gasteiger partial charge in [-0.3, -0.25) is 4.68 Å². The second-order valence-electron chi connectivity index (χ2n) is 14.4. The molecule has 0 amide bonds. The predicted octanol–water partition coefficient (Wildman–Crippen LogP) is 12.3. The lowest BCUT2D eigenvalue weighted by atomic mass is 9.60. The van der Waals surface area contributed by atoms with Gasteiger partial charge in [-0.05, 0) is 105 Å². The van der Waals surface area contributed by atoms with Gasteiger partial charge in [-0.1, -0.05) is 152 Å². The highest BCUT2D eigenvalue weighted by atomic mass is 15.4. The normalized spacial score (nSPS) is 19.1. The topological polar surface area (TPSA) is 40.8 Å². The SMILES string of the molecule is N=C(/C=C\Nn1c2ccccc2c2ccc(C3(C4C=CC=CC4)C4=C(C=CCC4)c4ccccc43)cc21)c1ccc(-c2ccc3ccccc3c2)cc1. The van der Waals surface area contributed by atoms with Gasteiger partial charge in [-0.15, -0.1) is 0 Å². The Balaban J connectivity index is 1.02. The highest BCUT2D eigenvalue weighted by Crippen LogP contribution is 2.59. The number of nitrogens with zero attached hydrogens (tertiary/aromatic N) is 1. The summed E-state index contributed by atoms with van der Waals surface area (Å²) in [7, 11) is 0. The van der Waals surface area contributed by atoms with E-state index in [1.165, 1.54) is 49.4 Å². The first kappa shape index (κ1) is 31.3. The third kappa shape index (κ3) is 4.99. The van der Waals surface area contributed by atoms with Gasteiger partial charge in [0.2, 0.25) is 0 Å². The first-order valence-electron chi connectivity index (χ1n) is 18.7. The van der Waals surface area contributed by atoms with Crippen molar-refractivity contribution in [1.82, 2.24) is 4.68 Å². The average Bonchev–Trinajstić information content (AvgIpc) is 3.71. The molecule has 0 aliphatic heterocycles. The summed E-state index contributed by atoms with van der Waals surface area (Å²) in [5.41, 5.74) is 16.3. The van der Waals surface area contributed by atoms with Gasteiger partial charge in [0.05, 0.1) is 16.7 Å². The van der Waals surface area contributed by atoms with Crippen molar-refractivity contribution in [2.45, 2.75) is 24.7 Å². The molecule has 3 aliphatic rings. The van der Waals surface area contributed by atoms with Crippen molar-refractivity contribution in [3.8, 4) is 11.1 Å². The van der Waals surface area contributed by atoms with Crippen LogP contribution >= 0.6 is 0 Å². The summed E-state index contributed by atoms with van der Waals surface area (Å²) in [4.78, 5) is 0. The third-order valence-corrected chi connectivity index (χ3v) is 11.7. The van der Waals surface area contributed by atoms with E-state index in [0.29, 0.717) is 11.6 Å². The van der Waals surface area contributed by atoms with E-state index in [-0.39, 0.29) is 5.41 Å². The van der Waals surface area contributed by atoms with Crippen molar-refractivity contribution in [2.24, 2.45) is 5.92 Å². The third-order valence-electron chi connectivity index (χ3n) is 11.7. The van der Waals surface area contributed by atoms with Gasteiger partial charge >= 0.3 is 0 Å². The Labute approximate surface area is 310 Å².